The minimum Gasteiger partial charge on any atom is -0.391 e. The Morgan fingerprint density at radius 3 is 3.13 bits per heavy atom. The summed E-state index contributed by atoms with van der Waals surface area (Å²) in [6.45, 7) is 4.76. The third kappa shape index (κ3) is 6.40. The zero-order valence-corrected chi connectivity index (χ0v) is 10.4. The van der Waals surface area contributed by atoms with Crippen molar-refractivity contribution in [3.63, 3.8) is 0 Å². The molecule has 90 valence electrons. The maximum atomic E-state index is 9.63. The van der Waals surface area contributed by atoms with Gasteiger partial charge in [0.25, 0.3) is 0 Å². The summed E-state index contributed by atoms with van der Waals surface area (Å²) in [5.74, 6) is 1.85. The summed E-state index contributed by atoms with van der Waals surface area (Å²) in [5, 5.41) is 12.8. The Bertz CT molecular complexity index is 152. The van der Waals surface area contributed by atoms with Crippen molar-refractivity contribution in [2.24, 2.45) is 0 Å². The molecule has 0 saturated carbocycles. The van der Waals surface area contributed by atoms with Gasteiger partial charge in [0.05, 0.1) is 12.2 Å². The minimum atomic E-state index is -0.219. The van der Waals surface area contributed by atoms with Crippen molar-refractivity contribution >= 4 is 11.8 Å². The van der Waals surface area contributed by atoms with E-state index in [9.17, 15) is 5.11 Å². The van der Waals surface area contributed by atoms with Crippen molar-refractivity contribution < 1.29 is 9.84 Å². The van der Waals surface area contributed by atoms with Crippen LogP contribution in [0.15, 0.2) is 0 Å². The lowest BCUT2D eigenvalue weighted by Gasteiger charge is -2.13. The van der Waals surface area contributed by atoms with Crippen LogP contribution in [0.1, 0.15) is 26.2 Å². The van der Waals surface area contributed by atoms with Gasteiger partial charge in [-0.15, -0.1) is 0 Å². The van der Waals surface area contributed by atoms with E-state index in [1.165, 1.54) is 12.8 Å². The molecule has 0 aliphatic carbocycles. The molecule has 0 spiro atoms. The van der Waals surface area contributed by atoms with E-state index in [1.54, 1.807) is 11.8 Å². The van der Waals surface area contributed by atoms with Gasteiger partial charge in [-0.25, -0.2) is 0 Å². The molecule has 1 aliphatic rings. The Morgan fingerprint density at radius 1 is 1.60 bits per heavy atom. The standard InChI is InChI=1S/C11H23NO2S/c1-2-5-12-7-10(13)8-15-9-11-4-3-6-14-11/h10-13H,2-9H2,1H3. The second kappa shape index (κ2) is 8.39. The number of aliphatic hydroxyl groups is 1. The molecule has 15 heavy (non-hydrogen) atoms. The molecule has 0 bridgehead atoms. The summed E-state index contributed by atoms with van der Waals surface area (Å²) in [6.07, 6.45) is 3.73. The van der Waals surface area contributed by atoms with E-state index in [0.717, 1.165) is 31.1 Å². The molecule has 3 nitrogen and oxygen atoms in total. The van der Waals surface area contributed by atoms with Crippen LogP contribution in [0.25, 0.3) is 0 Å². The van der Waals surface area contributed by atoms with Crippen molar-refractivity contribution in [2.75, 3.05) is 31.2 Å². The quantitative estimate of drug-likeness (QED) is 0.619. The fourth-order valence-corrected chi connectivity index (χ4v) is 2.67. The number of hydrogen-bond acceptors (Lipinski definition) is 4. The van der Waals surface area contributed by atoms with Crippen LogP contribution < -0.4 is 5.32 Å². The monoisotopic (exact) mass is 233 g/mol. The molecule has 1 heterocycles. The van der Waals surface area contributed by atoms with Gasteiger partial charge >= 0.3 is 0 Å². The molecule has 4 heteroatoms. The highest BCUT2D eigenvalue weighted by Gasteiger charge is 2.15. The predicted octanol–water partition coefficient (Wildman–Crippen LogP) is 1.26. The van der Waals surface area contributed by atoms with Crippen molar-refractivity contribution in [3.8, 4) is 0 Å². The van der Waals surface area contributed by atoms with Crippen molar-refractivity contribution in [2.45, 2.75) is 38.4 Å². The number of aliphatic hydroxyl groups excluding tert-OH is 1. The van der Waals surface area contributed by atoms with Crippen molar-refractivity contribution in [3.05, 3.63) is 0 Å². The molecule has 2 unspecified atom stereocenters. The van der Waals surface area contributed by atoms with Crippen LogP contribution in [0.3, 0.4) is 0 Å². The van der Waals surface area contributed by atoms with Crippen molar-refractivity contribution in [1.29, 1.82) is 0 Å². The fourth-order valence-electron chi connectivity index (χ4n) is 1.62. The molecule has 0 aromatic carbocycles. The van der Waals surface area contributed by atoms with Gasteiger partial charge in [0, 0.05) is 24.7 Å². The van der Waals surface area contributed by atoms with Gasteiger partial charge in [-0.2, -0.15) is 11.8 Å². The van der Waals surface area contributed by atoms with E-state index in [2.05, 4.69) is 12.2 Å². The van der Waals surface area contributed by atoms with Gasteiger partial charge in [-0.1, -0.05) is 6.92 Å². The van der Waals surface area contributed by atoms with E-state index in [4.69, 9.17) is 4.74 Å². The second-order valence-corrected chi connectivity index (χ2v) is 5.11. The van der Waals surface area contributed by atoms with E-state index >= 15 is 0 Å². The highest BCUT2D eigenvalue weighted by molar-refractivity contribution is 7.99. The molecule has 1 aliphatic heterocycles. The van der Waals surface area contributed by atoms with Crippen LogP contribution in [0.4, 0.5) is 0 Å². The Balaban J connectivity index is 1.89. The lowest BCUT2D eigenvalue weighted by molar-refractivity contribution is 0.128. The number of thioether (sulfide) groups is 1. The molecule has 0 amide bonds. The molecule has 0 aromatic rings. The van der Waals surface area contributed by atoms with Crippen LogP contribution in [-0.4, -0.2) is 48.5 Å². The predicted molar refractivity (Wildman–Crippen MR) is 65.5 cm³/mol. The first kappa shape index (κ1) is 13.3. The molecule has 1 fully saturated rings. The van der Waals surface area contributed by atoms with Gasteiger partial charge in [0.1, 0.15) is 0 Å². The number of rotatable bonds is 8. The summed E-state index contributed by atoms with van der Waals surface area (Å²) in [5.41, 5.74) is 0. The molecule has 0 radical (unpaired) electrons. The zero-order chi connectivity index (χ0) is 10.9. The summed E-state index contributed by atoms with van der Waals surface area (Å²) >= 11 is 1.80. The average Bonchev–Trinajstić information content (AvgIpc) is 2.71. The van der Waals surface area contributed by atoms with Crippen LogP contribution >= 0.6 is 11.8 Å². The van der Waals surface area contributed by atoms with Crippen LogP contribution in [0.2, 0.25) is 0 Å². The first-order chi connectivity index (χ1) is 7.33. The molecule has 2 N–H and O–H groups in total. The Hall–Kier alpha value is 0.230. The number of hydrogen-bond donors (Lipinski definition) is 2. The van der Waals surface area contributed by atoms with Gasteiger partial charge < -0.3 is 15.2 Å². The first-order valence-corrected chi connectivity index (χ1v) is 7.06. The molecule has 1 saturated heterocycles. The summed E-state index contributed by atoms with van der Waals surface area (Å²) < 4.78 is 5.52. The highest BCUT2D eigenvalue weighted by atomic mass is 32.2. The van der Waals surface area contributed by atoms with Crippen molar-refractivity contribution in [1.82, 2.24) is 5.32 Å². The molecular formula is C11H23NO2S. The van der Waals surface area contributed by atoms with E-state index in [-0.39, 0.29) is 6.10 Å². The number of ether oxygens (including phenoxy) is 1. The summed E-state index contributed by atoms with van der Waals surface area (Å²) in [6, 6.07) is 0. The van der Waals surface area contributed by atoms with Gasteiger partial charge in [0.15, 0.2) is 0 Å². The van der Waals surface area contributed by atoms with Gasteiger partial charge in [-0.05, 0) is 25.8 Å². The second-order valence-electron chi connectivity index (χ2n) is 4.03. The van der Waals surface area contributed by atoms with E-state index < -0.39 is 0 Å². The van der Waals surface area contributed by atoms with E-state index in [1.807, 2.05) is 0 Å². The first-order valence-electron chi connectivity index (χ1n) is 5.91. The minimum absolute atomic E-state index is 0.219. The molecule has 1 rings (SSSR count). The van der Waals surface area contributed by atoms with Crippen LogP contribution in [0.5, 0.6) is 0 Å². The summed E-state index contributed by atoms with van der Waals surface area (Å²) in [4.78, 5) is 0. The average molecular weight is 233 g/mol. The smallest absolute Gasteiger partial charge is 0.0754 e. The fraction of sp³-hybridized carbons (Fsp3) is 1.00. The third-order valence-corrected chi connectivity index (χ3v) is 3.67. The topological polar surface area (TPSA) is 41.5 Å². The summed E-state index contributed by atoms with van der Waals surface area (Å²) in [7, 11) is 0. The SMILES string of the molecule is CCCNCC(O)CSCC1CCCO1. The normalized spacial score (nSPS) is 23.2. The van der Waals surface area contributed by atoms with E-state index in [0.29, 0.717) is 12.6 Å². The lowest BCUT2D eigenvalue weighted by Crippen LogP contribution is -2.29. The maximum Gasteiger partial charge on any atom is 0.0754 e. The highest BCUT2D eigenvalue weighted by Crippen LogP contribution is 2.17. The van der Waals surface area contributed by atoms with Gasteiger partial charge in [0.2, 0.25) is 0 Å². The Kier molecular flexibility index (Phi) is 7.44. The molecular weight excluding hydrogens is 210 g/mol. The van der Waals surface area contributed by atoms with Crippen LogP contribution in [-0.2, 0) is 4.74 Å². The number of nitrogens with one attached hydrogen (secondary N) is 1. The van der Waals surface area contributed by atoms with Gasteiger partial charge in [-0.3, -0.25) is 0 Å². The third-order valence-electron chi connectivity index (χ3n) is 2.44. The maximum absolute atomic E-state index is 9.63. The molecule has 0 aromatic heterocycles. The van der Waals surface area contributed by atoms with Crippen LogP contribution in [0, 0.1) is 0 Å². The molecule has 2 atom stereocenters. The zero-order valence-electron chi connectivity index (χ0n) is 9.58. The Labute approximate surface area is 97.0 Å². The Morgan fingerprint density at radius 2 is 2.47 bits per heavy atom. The largest absolute Gasteiger partial charge is 0.391 e. The lowest BCUT2D eigenvalue weighted by atomic mass is 10.3.